The van der Waals surface area contributed by atoms with Gasteiger partial charge in [-0.1, -0.05) is 144 Å². The van der Waals surface area contributed by atoms with Crippen LogP contribution in [-0.2, 0) is 0 Å². The fourth-order valence-corrected chi connectivity index (χ4v) is 9.66. The SMILES string of the molecule is CC.CC.CCCCCCCCCCCCCC[C@H]1CC[C@H]2C3CC=C4CC(C)CC[C@]4(C)[C@H]3CCC12C. The lowest BCUT2D eigenvalue weighted by Crippen LogP contribution is -2.49. The Morgan fingerprint density at radius 3 is 1.87 bits per heavy atom. The van der Waals surface area contributed by atoms with Crippen molar-refractivity contribution in [3.63, 3.8) is 0 Å². The fourth-order valence-electron chi connectivity index (χ4n) is 9.66. The third-order valence-electron chi connectivity index (χ3n) is 12.0. The summed E-state index contributed by atoms with van der Waals surface area (Å²) in [5.74, 6) is 5.00. The molecule has 0 heterocycles. The van der Waals surface area contributed by atoms with Crippen LogP contribution in [0, 0.1) is 40.4 Å². The lowest BCUT2D eigenvalue weighted by Gasteiger charge is -2.58. The summed E-state index contributed by atoms with van der Waals surface area (Å²) in [6, 6.07) is 0. The summed E-state index contributed by atoms with van der Waals surface area (Å²) in [6.07, 6.45) is 34.0. The molecule has 4 aliphatic carbocycles. The maximum absolute atomic E-state index is 2.76. The van der Waals surface area contributed by atoms with E-state index in [1.165, 1.54) is 116 Å². The molecule has 0 aliphatic heterocycles. The van der Waals surface area contributed by atoms with Crippen LogP contribution in [-0.4, -0.2) is 0 Å². The molecule has 4 rings (SSSR count). The fraction of sp³-hybridized carbons (Fsp3) is 0.947. The Morgan fingerprint density at radius 1 is 0.684 bits per heavy atom. The summed E-state index contributed by atoms with van der Waals surface area (Å²) >= 11 is 0. The molecule has 0 spiro atoms. The molecular formula is C38H72. The van der Waals surface area contributed by atoms with E-state index in [2.05, 4.69) is 33.8 Å². The molecule has 3 fully saturated rings. The first kappa shape index (κ1) is 33.9. The number of hydrogen-bond acceptors (Lipinski definition) is 0. The number of rotatable bonds is 13. The highest BCUT2D eigenvalue weighted by atomic mass is 14.6. The summed E-state index contributed by atoms with van der Waals surface area (Å²) < 4.78 is 0. The minimum absolute atomic E-state index is 0.560. The van der Waals surface area contributed by atoms with Gasteiger partial charge in [0.05, 0.1) is 0 Å². The second-order valence-corrected chi connectivity index (χ2v) is 14.1. The van der Waals surface area contributed by atoms with Crippen LogP contribution in [0.4, 0.5) is 0 Å². The third-order valence-corrected chi connectivity index (χ3v) is 12.0. The Labute approximate surface area is 242 Å². The molecule has 0 bridgehead atoms. The van der Waals surface area contributed by atoms with Gasteiger partial charge in [0.15, 0.2) is 0 Å². The van der Waals surface area contributed by atoms with Crippen molar-refractivity contribution in [2.24, 2.45) is 40.4 Å². The van der Waals surface area contributed by atoms with Crippen molar-refractivity contribution in [1.29, 1.82) is 0 Å². The molecule has 0 aromatic rings. The average Bonchev–Trinajstić information content (AvgIpc) is 3.28. The molecule has 3 saturated carbocycles. The first-order valence-electron chi connectivity index (χ1n) is 18.2. The number of allylic oxidation sites excluding steroid dienone is 2. The smallest absolute Gasteiger partial charge is 0.00851 e. The van der Waals surface area contributed by atoms with Gasteiger partial charge >= 0.3 is 0 Å². The summed E-state index contributed by atoms with van der Waals surface area (Å²) in [4.78, 5) is 0. The van der Waals surface area contributed by atoms with Gasteiger partial charge in [0, 0.05) is 0 Å². The van der Waals surface area contributed by atoms with Crippen molar-refractivity contribution in [2.75, 3.05) is 0 Å². The Bertz CT molecular complexity index is 644. The molecule has 4 aliphatic rings. The van der Waals surface area contributed by atoms with E-state index in [0.29, 0.717) is 10.8 Å². The molecular weight excluding hydrogens is 456 g/mol. The van der Waals surface area contributed by atoms with Gasteiger partial charge in [-0.3, -0.25) is 0 Å². The average molecular weight is 529 g/mol. The van der Waals surface area contributed by atoms with Crippen LogP contribution in [0.5, 0.6) is 0 Å². The molecule has 0 amide bonds. The molecule has 0 nitrogen and oxygen atoms in total. The van der Waals surface area contributed by atoms with Gasteiger partial charge in [-0.25, -0.2) is 0 Å². The van der Waals surface area contributed by atoms with E-state index in [1.807, 2.05) is 33.3 Å². The van der Waals surface area contributed by atoms with Crippen LogP contribution in [0.3, 0.4) is 0 Å². The maximum atomic E-state index is 2.76. The van der Waals surface area contributed by atoms with Gasteiger partial charge in [-0.2, -0.15) is 0 Å². The number of hydrogen-bond donors (Lipinski definition) is 0. The minimum atomic E-state index is 0.560. The largest absolute Gasteiger partial charge is 0.0845 e. The van der Waals surface area contributed by atoms with E-state index < -0.39 is 0 Å². The number of fused-ring (bicyclic) bond motifs is 5. The molecule has 3 unspecified atom stereocenters. The second kappa shape index (κ2) is 17.5. The Morgan fingerprint density at radius 2 is 1.26 bits per heavy atom. The highest BCUT2D eigenvalue weighted by molar-refractivity contribution is 5.25. The van der Waals surface area contributed by atoms with Crippen LogP contribution in [0.1, 0.15) is 190 Å². The van der Waals surface area contributed by atoms with Gasteiger partial charge in [0.25, 0.3) is 0 Å². The Kier molecular flexibility index (Phi) is 15.7. The zero-order valence-corrected chi connectivity index (χ0v) is 27.8. The third kappa shape index (κ3) is 8.38. The first-order valence-corrected chi connectivity index (χ1v) is 18.2. The molecule has 0 saturated heterocycles. The van der Waals surface area contributed by atoms with Crippen molar-refractivity contribution >= 4 is 0 Å². The summed E-state index contributed by atoms with van der Waals surface area (Å²) in [5.41, 5.74) is 3.11. The molecule has 224 valence electrons. The van der Waals surface area contributed by atoms with Gasteiger partial charge < -0.3 is 0 Å². The monoisotopic (exact) mass is 529 g/mol. The minimum Gasteiger partial charge on any atom is -0.0845 e. The van der Waals surface area contributed by atoms with Crippen LogP contribution >= 0.6 is 0 Å². The van der Waals surface area contributed by atoms with Crippen molar-refractivity contribution < 1.29 is 0 Å². The first-order chi connectivity index (χ1) is 18.5. The predicted octanol–water partition coefficient (Wildman–Crippen LogP) is 13.3. The standard InChI is InChI=1S/C34H60.2C2H6/c1-5-6-7-8-9-10-11-12-13-14-15-16-17-28-19-21-31-30-20-18-29-26-27(2)22-24-34(29,4)32(30)23-25-33(28,31)3;2*1-2/h18,27-28,30-32H,5-17,19-26H2,1-4H3;2*1-2H3/t27?,28-,30?,31-,32-,33?,34-;;/m0../s1. The van der Waals surface area contributed by atoms with Crippen LogP contribution in [0.25, 0.3) is 0 Å². The van der Waals surface area contributed by atoms with Crippen LogP contribution < -0.4 is 0 Å². The van der Waals surface area contributed by atoms with Gasteiger partial charge in [-0.05, 0) is 98.2 Å². The van der Waals surface area contributed by atoms with Crippen LogP contribution in [0.15, 0.2) is 11.6 Å². The molecule has 0 aromatic heterocycles. The normalized spacial score (nSPS) is 35.5. The van der Waals surface area contributed by atoms with E-state index in [9.17, 15) is 0 Å². The Hall–Kier alpha value is -0.260. The quantitative estimate of drug-likeness (QED) is 0.165. The second-order valence-electron chi connectivity index (χ2n) is 14.1. The lowest BCUT2D eigenvalue weighted by atomic mass is 9.47. The van der Waals surface area contributed by atoms with Crippen LogP contribution in [0.2, 0.25) is 0 Å². The topological polar surface area (TPSA) is 0 Å². The highest BCUT2D eigenvalue weighted by Gasteiger charge is 2.58. The van der Waals surface area contributed by atoms with Crippen molar-refractivity contribution in [3.8, 4) is 0 Å². The predicted molar refractivity (Wildman–Crippen MR) is 173 cm³/mol. The summed E-state index contributed by atoms with van der Waals surface area (Å²) in [7, 11) is 0. The van der Waals surface area contributed by atoms with Crippen molar-refractivity contribution in [2.45, 2.75) is 190 Å². The number of unbranched alkanes of at least 4 members (excludes halogenated alkanes) is 11. The lowest BCUT2D eigenvalue weighted by molar-refractivity contribution is -0.0450. The Balaban J connectivity index is 0.00000121. The summed E-state index contributed by atoms with van der Waals surface area (Å²) in [5, 5.41) is 0. The van der Waals surface area contributed by atoms with E-state index >= 15 is 0 Å². The van der Waals surface area contributed by atoms with Gasteiger partial charge in [-0.15, -0.1) is 0 Å². The van der Waals surface area contributed by atoms with Gasteiger partial charge in [0.1, 0.15) is 0 Å². The molecule has 38 heavy (non-hydrogen) atoms. The van der Waals surface area contributed by atoms with E-state index in [4.69, 9.17) is 0 Å². The molecule has 0 heteroatoms. The molecule has 0 N–H and O–H groups in total. The van der Waals surface area contributed by atoms with E-state index in [1.54, 1.807) is 19.3 Å². The molecule has 0 aromatic carbocycles. The maximum Gasteiger partial charge on any atom is -0.00851 e. The van der Waals surface area contributed by atoms with E-state index in [-0.39, 0.29) is 0 Å². The summed E-state index contributed by atoms with van der Waals surface area (Å²) in [6.45, 7) is 18.2. The van der Waals surface area contributed by atoms with Crippen molar-refractivity contribution in [3.05, 3.63) is 11.6 Å². The van der Waals surface area contributed by atoms with Crippen molar-refractivity contribution in [1.82, 2.24) is 0 Å². The van der Waals surface area contributed by atoms with Gasteiger partial charge in [0.2, 0.25) is 0 Å². The molecule has 0 radical (unpaired) electrons. The molecule has 7 atom stereocenters. The van der Waals surface area contributed by atoms with E-state index in [0.717, 1.165) is 29.6 Å². The zero-order chi connectivity index (χ0) is 28.0. The zero-order valence-electron chi connectivity index (χ0n) is 27.8. The highest BCUT2D eigenvalue weighted by Crippen LogP contribution is 2.67.